The van der Waals surface area contributed by atoms with E-state index in [9.17, 15) is 4.79 Å². The number of carbonyl (C=O) groups is 1. The highest BCUT2D eigenvalue weighted by Gasteiger charge is 2.20. The molecule has 5 heteroatoms. The van der Waals surface area contributed by atoms with Crippen molar-refractivity contribution in [1.82, 2.24) is 19.6 Å². The number of fused-ring (bicyclic) bond motifs is 1. The number of carbonyl (C=O) groups excluding carboxylic acids is 1. The lowest BCUT2D eigenvalue weighted by molar-refractivity contribution is 0.112. The molecule has 1 fully saturated rings. The molecular weight excluding hydrogens is 216 g/mol. The predicted octanol–water partition coefficient (Wildman–Crippen LogP) is 1.98. The minimum Gasteiger partial charge on any atom is -0.298 e. The summed E-state index contributed by atoms with van der Waals surface area (Å²) in [6.07, 6.45) is 10.1. The van der Waals surface area contributed by atoms with Crippen molar-refractivity contribution in [2.24, 2.45) is 0 Å². The number of aldehydes is 1. The van der Waals surface area contributed by atoms with Gasteiger partial charge < -0.3 is 0 Å². The van der Waals surface area contributed by atoms with E-state index in [-0.39, 0.29) is 0 Å². The van der Waals surface area contributed by atoms with E-state index >= 15 is 0 Å². The standard InChI is InChI=1S/C12H14N4O/c17-8-9-6-13-12-14-11(15-16(12)7-9)10-4-2-1-3-5-10/h6-8,10H,1-5H2. The number of nitrogens with zero attached hydrogens (tertiary/aromatic N) is 4. The smallest absolute Gasteiger partial charge is 0.252 e. The summed E-state index contributed by atoms with van der Waals surface area (Å²) in [7, 11) is 0. The number of rotatable bonds is 2. The zero-order valence-electron chi connectivity index (χ0n) is 9.54. The molecule has 88 valence electrons. The first kappa shape index (κ1) is 10.4. The zero-order valence-corrected chi connectivity index (χ0v) is 9.54. The summed E-state index contributed by atoms with van der Waals surface area (Å²) in [5, 5.41) is 4.43. The van der Waals surface area contributed by atoms with Crippen molar-refractivity contribution < 1.29 is 4.79 Å². The molecule has 5 nitrogen and oxygen atoms in total. The average molecular weight is 230 g/mol. The molecule has 0 spiro atoms. The summed E-state index contributed by atoms with van der Waals surface area (Å²) in [5.74, 6) is 1.92. The van der Waals surface area contributed by atoms with Crippen molar-refractivity contribution in [1.29, 1.82) is 0 Å². The van der Waals surface area contributed by atoms with Crippen molar-refractivity contribution in [3.05, 3.63) is 23.8 Å². The molecule has 0 bridgehead atoms. The molecule has 2 aromatic rings. The first-order chi connectivity index (χ1) is 8.36. The Morgan fingerprint density at radius 2 is 2.12 bits per heavy atom. The van der Waals surface area contributed by atoms with Gasteiger partial charge in [-0.1, -0.05) is 19.3 Å². The van der Waals surface area contributed by atoms with Gasteiger partial charge in [0.05, 0.1) is 5.56 Å². The van der Waals surface area contributed by atoms with Crippen LogP contribution in [0.1, 0.15) is 54.2 Å². The fourth-order valence-corrected chi connectivity index (χ4v) is 2.41. The Kier molecular flexibility index (Phi) is 2.59. The third-order valence-corrected chi connectivity index (χ3v) is 3.34. The van der Waals surface area contributed by atoms with Crippen LogP contribution in [0.5, 0.6) is 0 Å². The second-order valence-corrected chi connectivity index (χ2v) is 4.55. The average Bonchev–Trinajstić information content (AvgIpc) is 2.82. The predicted molar refractivity (Wildman–Crippen MR) is 62.0 cm³/mol. The molecule has 0 amide bonds. The van der Waals surface area contributed by atoms with Crippen molar-refractivity contribution in [3.63, 3.8) is 0 Å². The molecular formula is C12H14N4O. The van der Waals surface area contributed by atoms with Gasteiger partial charge in [0.2, 0.25) is 0 Å². The first-order valence-electron chi connectivity index (χ1n) is 6.04. The van der Waals surface area contributed by atoms with E-state index in [4.69, 9.17) is 0 Å². The molecule has 17 heavy (non-hydrogen) atoms. The third-order valence-electron chi connectivity index (χ3n) is 3.34. The Morgan fingerprint density at radius 3 is 2.88 bits per heavy atom. The van der Waals surface area contributed by atoms with Crippen LogP contribution in [0, 0.1) is 0 Å². The van der Waals surface area contributed by atoms with Crippen molar-refractivity contribution in [2.45, 2.75) is 38.0 Å². The molecule has 0 saturated heterocycles. The van der Waals surface area contributed by atoms with Crippen LogP contribution < -0.4 is 0 Å². The van der Waals surface area contributed by atoms with Crippen LogP contribution in [0.15, 0.2) is 12.4 Å². The molecule has 0 unspecified atom stereocenters. The molecule has 0 radical (unpaired) electrons. The highest BCUT2D eigenvalue weighted by molar-refractivity contribution is 5.73. The Labute approximate surface area is 98.9 Å². The van der Waals surface area contributed by atoms with E-state index in [2.05, 4.69) is 15.1 Å². The second-order valence-electron chi connectivity index (χ2n) is 4.55. The van der Waals surface area contributed by atoms with Gasteiger partial charge in [0.1, 0.15) is 0 Å². The van der Waals surface area contributed by atoms with E-state index in [1.54, 1.807) is 10.7 Å². The maximum absolute atomic E-state index is 10.7. The van der Waals surface area contributed by atoms with Crippen LogP contribution in [-0.2, 0) is 0 Å². The molecule has 1 aliphatic rings. The van der Waals surface area contributed by atoms with Crippen LogP contribution in [0.2, 0.25) is 0 Å². The van der Waals surface area contributed by atoms with Crippen molar-refractivity contribution >= 4 is 12.1 Å². The van der Waals surface area contributed by atoms with Gasteiger partial charge in [-0.3, -0.25) is 4.79 Å². The molecule has 0 N–H and O–H groups in total. The van der Waals surface area contributed by atoms with Crippen molar-refractivity contribution in [2.75, 3.05) is 0 Å². The van der Waals surface area contributed by atoms with E-state index in [1.165, 1.54) is 25.5 Å². The minimum absolute atomic E-state index is 0.463. The summed E-state index contributed by atoms with van der Waals surface area (Å²) >= 11 is 0. The van der Waals surface area contributed by atoms with Crippen LogP contribution in [0.3, 0.4) is 0 Å². The van der Waals surface area contributed by atoms with E-state index < -0.39 is 0 Å². The SMILES string of the molecule is O=Cc1cnc2nc(C3CCCCC3)nn2c1. The Morgan fingerprint density at radius 1 is 1.29 bits per heavy atom. The van der Waals surface area contributed by atoms with Gasteiger partial charge in [-0.05, 0) is 12.8 Å². The number of hydrogen-bond donors (Lipinski definition) is 0. The fraction of sp³-hybridized carbons (Fsp3) is 0.500. The fourth-order valence-electron chi connectivity index (χ4n) is 2.41. The van der Waals surface area contributed by atoms with Gasteiger partial charge in [-0.15, -0.1) is 5.10 Å². The van der Waals surface area contributed by atoms with Gasteiger partial charge in [-0.25, -0.2) is 9.50 Å². The number of aromatic nitrogens is 4. The van der Waals surface area contributed by atoms with Gasteiger partial charge in [0.25, 0.3) is 5.78 Å². The highest BCUT2D eigenvalue weighted by atomic mass is 16.1. The summed E-state index contributed by atoms with van der Waals surface area (Å²) in [6, 6.07) is 0. The summed E-state index contributed by atoms with van der Waals surface area (Å²) < 4.78 is 1.60. The largest absolute Gasteiger partial charge is 0.298 e. The summed E-state index contributed by atoms with van der Waals surface area (Å²) in [5.41, 5.74) is 0.526. The van der Waals surface area contributed by atoms with Gasteiger partial charge in [0, 0.05) is 18.3 Å². The third kappa shape index (κ3) is 1.92. The van der Waals surface area contributed by atoms with E-state index in [0.29, 0.717) is 17.3 Å². The number of hydrogen-bond acceptors (Lipinski definition) is 4. The summed E-state index contributed by atoms with van der Waals surface area (Å²) in [4.78, 5) is 19.2. The topological polar surface area (TPSA) is 60.2 Å². The quantitative estimate of drug-likeness (QED) is 0.740. The lowest BCUT2D eigenvalue weighted by atomic mass is 9.89. The highest BCUT2D eigenvalue weighted by Crippen LogP contribution is 2.30. The molecule has 1 saturated carbocycles. The van der Waals surface area contributed by atoms with Crippen LogP contribution >= 0.6 is 0 Å². The van der Waals surface area contributed by atoms with Crippen LogP contribution in [-0.4, -0.2) is 25.9 Å². The van der Waals surface area contributed by atoms with Crippen LogP contribution in [0.4, 0.5) is 0 Å². The van der Waals surface area contributed by atoms with Crippen LogP contribution in [0.25, 0.3) is 5.78 Å². The minimum atomic E-state index is 0.463. The maximum atomic E-state index is 10.7. The zero-order chi connectivity index (χ0) is 11.7. The maximum Gasteiger partial charge on any atom is 0.252 e. The summed E-state index contributed by atoms with van der Waals surface area (Å²) in [6.45, 7) is 0. The Balaban J connectivity index is 1.97. The normalized spacial score (nSPS) is 17.4. The molecule has 3 rings (SSSR count). The second kappa shape index (κ2) is 4.24. The Bertz CT molecular complexity index is 542. The first-order valence-corrected chi connectivity index (χ1v) is 6.04. The van der Waals surface area contributed by atoms with E-state index in [1.807, 2.05) is 0 Å². The van der Waals surface area contributed by atoms with Gasteiger partial charge >= 0.3 is 0 Å². The van der Waals surface area contributed by atoms with Gasteiger partial charge in [0.15, 0.2) is 12.1 Å². The van der Waals surface area contributed by atoms with E-state index in [0.717, 1.165) is 25.0 Å². The molecule has 0 aromatic carbocycles. The molecule has 2 heterocycles. The van der Waals surface area contributed by atoms with Crippen molar-refractivity contribution in [3.8, 4) is 0 Å². The molecule has 0 aliphatic heterocycles. The van der Waals surface area contributed by atoms with Gasteiger partial charge in [-0.2, -0.15) is 4.98 Å². The lowest BCUT2D eigenvalue weighted by Gasteiger charge is -2.17. The monoisotopic (exact) mass is 230 g/mol. The molecule has 1 aliphatic carbocycles. The lowest BCUT2D eigenvalue weighted by Crippen LogP contribution is -2.06. The molecule has 2 aromatic heterocycles. The molecule has 0 atom stereocenters. The Hall–Kier alpha value is -1.78.